The number of amides is 1. The summed E-state index contributed by atoms with van der Waals surface area (Å²) in [6.07, 6.45) is 0.540. The Morgan fingerprint density at radius 3 is 2.72 bits per heavy atom. The maximum atomic E-state index is 12.1. The average Bonchev–Trinajstić information content (AvgIpc) is 2.28. The quantitative estimate of drug-likeness (QED) is 0.765. The van der Waals surface area contributed by atoms with Crippen molar-refractivity contribution in [1.82, 2.24) is 9.62 Å². The van der Waals surface area contributed by atoms with Gasteiger partial charge >= 0.3 is 0 Å². The minimum absolute atomic E-state index is 0.0184. The number of morpholine rings is 1. The lowest BCUT2D eigenvalue weighted by Gasteiger charge is -2.33. The van der Waals surface area contributed by atoms with E-state index < -0.39 is 16.1 Å². The van der Waals surface area contributed by atoms with Gasteiger partial charge in [0.1, 0.15) is 6.04 Å². The molecule has 1 aliphatic rings. The normalized spacial score (nSPS) is 22.1. The van der Waals surface area contributed by atoms with E-state index in [1.807, 2.05) is 13.8 Å². The third-order valence-electron chi connectivity index (χ3n) is 2.63. The average molecular weight is 278 g/mol. The Hall–Kier alpha value is -0.660. The Morgan fingerprint density at radius 1 is 1.50 bits per heavy atom. The Kier molecular flexibility index (Phi) is 5.55. The molecule has 1 unspecified atom stereocenters. The van der Waals surface area contributed by atoms with Crippen molar-refractivity contribution in [2.75, 3.05) is 25.5 Å². The van der Waals surface area contributed by atoms with Crippen LogP contribution in [0.3, 0.4) is 0 Å². The van der Waals surface area contributed by atoms with Crippen molar-refractivity contribution in [2.45, 2.75) is 39.3 Å². The van der Waals surface area contributed by atoms with Gasteiger partial charge in [0, 0.05) is 12.6 Å². The lowest BCUT2D eigenvalue weighted by atomic mass is 10.2. The number of hydrogen-bond donors (Lipinski definition) is 1. The highest BCUT2D eigenvalue weighted by atomic mass is 32.2. The van der Waals surface area contributed by atoms with E-state index in [1.54, 1.807) is 6.92 Å². The summed E-state index contributed by atoms with van der Waals surface area (Å²) in [4.78, 5) is 12.0. The first-order valence-corrected chi connectivity index (χ1v) is 7.87. The summed E-state index contributed by atoms with van der Waals surface area (Å²) in [7, 11) is -3.37. The minimum atomic E-state index is -3.37. The van der Waals surface area contributed by atoms with Crippen LogP contribution in [0.15, 0.2) is 0 Å². The number of ether oxygens (including phenoxy) is 1. The molecule has 0 aromatic carbocycles. The minimum Gasteiger partial charge on any atom is -0.378 e. The van der Waals surface area contributed by atoms with Crippen LogP contribution in [0.1, 0.15) is 27.2 Å². The van der Waals surface area contributed by atoms with E-state index in [1.165, 1.54) is 4.31 Å². The second-order valence-corrected chi connectivity index (χ2v) is 6.72. The highest BCUT2D eigenvalue weighted by Gasteiger charge is 2.36. The summed E-state index contributed by atoms with van der Waals surface area (Å²) in [6, 6.07) is -0.757. The summed E-state index contributed by atoms with van der Waals surface area (Å²) in [5, 5.41) is 2.73. The molecule has 106 valence electrons. The molecule has 7 heteroatoms. The zero-order valence-corrected chi connectivity index (χ0v) is 12.0. The van der Waals surface area contributed by atoms with Gasteiger partial charge in [-0.3, -0.25) is 4.79 Å². The van der Waals surface area contributed by atoms with Gasteiger partial charge in [0.15, 0.2) is 0 Å². The van der Waals surface area contributed by atoms with Crippen molar-refractivity contribution in [2.24, 2.45) is 0 Å². The molecule has 1 amide bonds. The maximum Gasteiger partial charge on any atom is 0.241 e. The molecule has 1 fully saturated rings. The van der Waals surface area contributed by atoms with E-state index in [-0.39, 0.29) is 30.9 Å². The summed E-state index contributed by atoms with van der Waals surface area (Å²) in [5.41, 5.74) is 0. The molecule has 18 heavy (non-hydrogen) atoms. The molecule has 6 nitrogen and oxygen atoms in total. The number of carbonyl (C=O) groups excluding carboxylic acids is 1. The molecule has 1 saturated heterocycles. The molecule has 0 bridgehead atoms. The predicted octanol–water partition coefficient (Wildman–Crippen LogP) is -0.0484. The number of hydrogen-bond acceptors (Lipinski definition) is 4. The molecule has 1 N–H and O–H groups in total. The van der Waals surface area contributed by atoms with Crippen LogP contribution in [0.2, 0.25) is 0 Å². The van der Waals surface area contributed by atoms with Gasteiger partial charge in [-0.2, -0.15) is 4.31 Å². The van der Waals surface area contributed by atoms with Gasteiger partial charge in [-0.15, -0.1) is 0 Å². The van der Waals surface area contributed by atoms with Gasteiger partial charge in [-0.1, -0.05) is 6.92 Å². The third kappa shape index (κ3) is 3.93. The van der Waals surface area contributed by atoms with E-state index in [9.17, 15) is 13.2 Å². The van der Waals surface area contributed by atoms with Gasteiger partial charge in [0.2, 0.25) is 15.9 Å². The van der Waals surface area contributed by atoms with Crippen LogP contribution in [0.25, 0.3) is 0 Å². The number of carbonyl (C=O) groups is 1. The van der Waals surface area contributed by atoms with E-state index in [0.29, 0.717) is 13.0 Å². The standard InChI is InChI=1S/C11H22N2O4S/c1-4-7-18(15,16)13-5-6-17-8-10(13)11(14)12-9(2)3/h9-10H,4-8H2,1-3H3,(H,12,14). The number of nitrogens with one attached hydrogen (secondary N) is 1. The van der Waals surface area contributed by atoms with Crippen LogP contribution >= 0.6 is 0 Å². The van der Waals surface area contributed by atoms with Crippen LogP contribution in [-0.4, -0.2) is 56.2 Å². The topological polar surface area (TPSA) is 75.7 Å². The van der Waals surface area contributed by atoms with Crippen LogP contribution < -0.4 is 5.32 Å². The van der Waals surface area contributed by atoms with Gasteiger partial charge in [-0.05, 0) is 20.3 Å². The first-order valence-electron chi connectivity index (χ1n) is 6.26. The smallest absolute Gasteiger partial charge is 0.241 e. The summed E-state index contributed by atoms with van der Waals surface area (Å²) < 4.78 is 30.7. The molecule has 0 aliphatic carbocycles. The molecule has 1 heterocycles. The van der Waals surface area contributed by atoms with Crippen molar-refractivity contribution in [3.63, 3.8) is 0 Å². The first-order chi connectivity index (χ1) is 8.38. The molecule has 0 radical (unpaired) electrons. The van der Waals surface area contributed by atoms with Gasteiger partial charge in [0.25, 0.3) is 0 Å². The van der Waals surface area contributed by atoms with Gasteiger partial charge < -0.3 is 10.1 Å². The summed E-state index contributed by atoms with van der Waals surface area (Å²) in [6.45, 7) is 6.20. The predicted molar refractivity (Wildman–Crippen MR) is 68.7 cm³/mol. The van der Waals surface area contributed by atoms with Crippen molar-refractivity contribution in [1.29, 1.82) is 0 Å². The fraction of sp³-hybridized carbons (Fsp3) is 0.909. The highest BCUT2D eigenvalue weighted by molar-refractivity contribution is 7.89. The van der Waals surface area contributed by atoms with E-state index in [0.717, 1.165) is 0 Å². The second-order valence-electron chi connectivity index (χ2n) is 4.68. The van der Waals surface area contributed by atoms with Crippen molar-refractivity contribution in [3.8, 4) is 0 Å². The summed E-state index contributed by atoms with van der Waals surface area (Å²) in [5.74, 6) is -0.220. The number of nitrogens with zero attached hydrogens (tertiary/aromatic N) is 1. The first kappa shape index (κ1) is 15.4. The molecule has 1 atom stereocenters. The summed E-state index contributed by atoms with van der Waals surface area (Å²) >= 11 is 0. The fourth-order valence-corrected chi connectivity index (χ4v) is 3.53. The van der Waals surface area contributed by atoms with E-state index in [2.05, 4.69) is 5.32 Å². The van der Waals surface area contributed by atoms with Crippen molar-refractivity contribution >= 4 is 15.9 Å². The van der Waals surface area contributed by atoms with Crippen LogP contribution in [0, 0.1) is 0 Å². The lowest BCUT2D eigenvalue weighted by molar-refractivity contribution is -0.129. The molecule has 1 rings (SSSR count). The molecule has 0 saturated carbocycles. The molecular weight excluding hydrogens is 256 g/mol. The Balaban J connectivity index is 2.83. The lowest BCUT2D eigenvalue weighted by Crippen LogP contribution is -2.57. The zero-order valence-electron chi connectivity index (χ0n) is 11.2. The van der Waals surface area contributed by atoms with Crippen molar-refractivity contribution < 1.29 is 17.9 Å². The molecule has 0 spiro atoms. The highest BCUT2D eigenvalue weighted by Crippen LogP contribution is 2.14. The maximum absolute atomic E-state index is 12.1. The van der Waals surface area contributed by atoms with Crippen molar-refractivity contribution in [3.05, 3.63) is 0 Å². The largest absolute Gasteiger partial charge is 0.378 e. The molecule has 0 aromatic heterocycles. The van der Waals surface area contributed by atoms with E-state index >= 15 is 0 Å². The second kappa shape index (κ2) is 6.49. The SMILES string of the molecule is CCCS(=O)(=O)N1CCOCC1C(=O)NC(C)C. The third-order valence-corrected chi connectivity index (χ3v) is 4.71. The monoisotopic (exact) mass is 278 g/mol. The van der Waals surface area contributed by atoms with Gasteiger partial charge in [0.05, 0.1) is 19.0 Å². The Bertz CT molecular complexity index is 381. The number of sulfonamides is 1. The fourth-order valence-electron chi connectivity index (χ4n) is 1.88. The molecular formula is C11H22N2O4S. The molecule has 0 aromatic rings. The van der Waals surface area contributed by atoms with Crippen LogP contribution in [0.4, 0.5) is 0 Å². The zero-order chi connectivity index (χ0) is 13.8. The number of rotatable bonds is 5. The van der Waals surface area contributed by atoms with Crippen LogP contribution in [0.5, 0.6) is 0 Å². The van der Waals surface area contributed by atoms with Crippen LogP contribution in [-0.2, 0) is 19.6 Å². The Morgan fingerprint density at radius 2 is 2.17 bits per heavy atom. The Labute approximate surface area is 109 Å². The van der Waals surface area contributed by atoms with Gasteiger partial charge in [-0.25, -0.2) is 8.42 Å². The van der Waals surface area contributed by atoms with E-state index in [4.69, 9.17) is 4.74 Å². The molecule has 1 aliphatic heterocycles.